The maximum atomic E-state index is 14.2. The first-order valence-electron chi connectivity index (χ1n) is 14.7. The molecule has 3 heterocycles. The minimum atomic E-state index is -0.999. The van der Waals surface area contributed by atoms with Crippen LogP contribution < -0.4 is 14.5 Å². The van der Waals surface area contributed by atoms with E-state index < -0.39 is 5.54 Å². The number of hydrogen-bond acceptors (Lipinski definition) is 8. The molecule has 0 atom stereocenters. The number of ether oxygens (including phenoxy) is 1. The summed E-state index contributed by atoms with van der Waals surface area (Å²) in [5.41, 5.74) is 4.38. The third kappa shape index (κ3) is 4.48. The number of fused-ring (bicyclic) bond motifs is 6. The minimum absolute atomic E-state index is 0.154. The van der Waals surface area contributed by atoms with Gasteiger partial charge in [0.1, 0.15) is 17.0 Å². The van der Waals surface area contributed by atoms with Crippen molar-refractivity contribution >= 4 is 29.7 Å². The van der Waals surface area contributed by atoms with E-state index in [2.05, 4.69) is 91.2 Å². The van der Waals surface area contributed by atoms with Gasteiger partial charge in [0.15, 0.2) is 0 Å². The van der Waals surface area contributed by atoms with Gasteiger partial charge in [-0.25, -0.2) is 5.01 Å². The van der Waals surface area contributed by atoms with E-state index in [1.54, 1.807) is 17.4 Å². The van der Waals surface area contributed by atoms with E-state index in [-0.39, 0.29) is 5.91 Å². The number of likely N-dealkylation sites (N-methyl/N-ethyl adjacent to an activating group) is 1. The van der Waals surface area contributed by atoms with Gasteiger partial charge in [0.05, 0.1) is 12.4 Å². The second-order valence-corrected chi connectivity index (χ2v) is 11.2. The zero-order valence-corrected chi connectivity index (χ0v) is 25.1. The molecule has 1 saturated heterocycles. The zero-order chi connectivity index (χ0) is 29.4. The van der Waals surface area contributed by atoms with E-state index in [9.17, 15) is 4.79 Å². The third-order valence-electron chi connectivity index (χ3n) is 8.78. The Hall–Kier alpha value is -4.37. The Kier molecular flexibility index (Phi) is 7.36. The van der Waals surface area contributed by atoms with Crippen molar-refractivity contribution in [1.82, 2.24) is 14.9 Å². The smallest absolute Gasteiger partial charge is 0.275 e. The van der Waals surface area contributed by atoms with Gasteiger partial charge >= 0.3 is 0 Å². The van der Waals surface area contributed by atoms with E-state index in [0.717, 1.165) is 67.3 Å². The molecular formula is C33H39N7O2. The van der Waals surface area contributed by atoms with Crippen LogP contribution in [0.1, 0.15) is 40.9 Å². The topological polar surface area (TPSA) is 67.2 Å². The van der Waals surface area contributed by atoms with Crippen molar-refractivity contribution in [1.29, 1.82) is 0 Å². The first-order chi connectivity index (χ1) is 20.4. The molecule has 9 heteroatoms. The van der Waals surface area contributed by atoms with Gasteiger partial charge in [-0.05, 0) is 39.1 Å². The molecule has 0 saturated carbocycles. The van der Waals surface area contributed by atoms with Gasteiger partial charge in [0, 0.05) is 99.1 Å². The summed E-state index contributed by atoms with van der Waals surface area (Å²) in [6.07, 6.45) is 3.33. The van der Waals surface area contributed by atoms with Gasteiger partial charge < -0.3 is 19.4 Å². The van der Waals surface area contributed by atoms with Crippen LogP contribution in [0.25, 0.3) is 0 Å². The first-order valence-corrected chi connectivity index (χ1v) is 14.7. The largest absolute Gasteiger partial charge is 0.456 e. The molecule has 6 rings (SSSR count). The predicted molar refractivity (Wildman–Crippen MR) is 169 cm³/mol. The Balaban J connectivity index is 1.52. The van der Waals surface area contributed by atoms with E-state index in [1.807, 2.05) is 29.3 Å². The molecule has 3 aromatic carbocycles. The Labute approximate surface area is 248 Å². The van der Waals surface area contributed by atoms with Crippen molar-refractivity contribution < 1.29 is 9.53 Å². The molecule has 0 radical (unpaired) electrons. The van der Waals surface area contributed by atoms with Crippen LogP contribution in [0.3, 0.4) is 0 Å². The molecule has 1 spiro atoms. The summed E-state index contributed by atoms with van der Waals surface area (Å²) in [6, 6.07) is 20.3. The van der Waals surface area contributed by atoms with Crippen molar-refractivity contribution in [3.8, 4) is 11.5 Å². The second kappa shape index (κ2) is 11.1. The van der Waals surface area contributed by atoms with Crippen LogP contribution in [0.2, 0.25) is 0 Å². The van der Waals surface area contributed by atoms with Crippen LogP contribution >= 0.6 is 0 Å². The second-order valence-electron chi connectivity index (χ2n) is 11.2. The monoisotopic (exact) mass is 565 g/mol. The molecule has 0 aromatic heterocycles. The number of benzene rings is 3. The lowest BCUT2D eigenvalue weighted by atomic mass is 9.75. The minimum Gasteiger partial charge on any atom is -0.456 e. The molecule has 42 heavy (non-hydrogen) atoms. The summed E-state index contributed by atoms with van der Waals surface area (Å²) in [4.78, 5) is 20.8. The van der Waals surface area contributed by atoms with E-state index in [1.165, 1.54) is 0 Å². The highest BCUT2D eigenvalue weighted by Gasteiger charge is 2.57. The molecule has 3 aliphatic heterocycles. The van der Waals surface area contributed by atoms with Gasteiger partial charge in [-0.1, -0.05) is 30.3 Å². The van der Waals surface area contributed by atoms with Gasteiger partial charge in [0.2, 0.25) is 0 Å². The lowest BCUT2D eigenvalue weighted by molar-refractivity contribution is 0.0675. The van der Waals surface area contributed by atoms with Crippen LogP contribution in [0.4, 0.5) is 11.4 Å². The molecule has 3 aromatic rings. The first kappa shape index (κ1) is 27.8. The molecule has 0 N–H and O–H groups in total. The SMILES string of the molecule is CCN(C)c1ccc2c(c1)Oc1cc(N(C)CC)ccc1C21c2ccccc2C(=O)N1/N=C\C=N\N1CCN(C)CC1. The number of anilines is 2. The standard InChI is InChI=1S/C33H39N7O2/c1-6-37(4)24-12-14-28-30(22-24)42-31-23-25(38(5)7-2)13-15-29(31)33(28)27-11-9-8-10-26(27)32(41)40(33)35-17-16-34-39-20-18-36(3)19-21-39/h8-17,22-23H,6-7,18-21H2,1-5H3/b34-16+,35-17-. The van der Waals surface area contributed by atoms with Gasteiger partial charge in [-0.2, -0.15) is 10.2 Å². The predicted octanol–water partition coefficient (Wildman–Crippen LogP) is 4.67. The lowest BCUT2D eigenvalue weighted by Gasteiger charge is -2.42. The van der Waals surface area contributed by atoms with E-state index >= 15 is 0 Å². The average molecular weight is 566 g/mol. The van der Waals surface area contributed by atoms with E-state index in [4.69, 9.17) is 9.84 Å². The summed E-state index contributed by atoms with van der Waals surface area (Å²) < 4.78 is 6.67. The molecule has 1 fully saturated rings. The number of carbonyl (C=O) groups excluding carboxylic acids is 1. The van der Waals surface area contributed by atoms with Crippen molar-refractivity contribution in [2.75, 3.05) is 70.2 Å². The summed E-state index contributed by atoms with van der Waals surface area (Å²) in [5, 5.41) is 13.1. The molecular weight excluding hydrogens is 526 g/mol. The highest BCUT2D eigenvalue weighted by atomic mass is 16.5. The molecule has 0 bridgehead atoms. The number of nitrogens with zero attached hydrogens (tertiary/aromatic N) is 7. The fourth-order valence-corrected chi connectivity index (χ4v) is 6.05. The normalized spacial score (nSPS) is 17.5. The van der Waals surface area contributed by atoms with Crippen LogP contribution in [0.15, 0.2) is 70.9 Å². The molecule has 1 amide bonds. The number of piperazine rings is 1. The van der Waals surface area contributed by atoms with Crippen LogP contribution in [0.5, 0.6) is 11.5 Å². The van der Waals surface area contributed by atoms with Crippen LogP contribution in [-0.4, -0.2) is 93.7 Å². The van der Waals surface area contributed by atoms with Gasteiger partial charge in [0.25, 0.3) is 5.91 Å². The fraction of sp³-hybridized carbons (Fsp3) is 0.364. The van der Waals surface area contributed by atoms with Crippen molar-refractivity contribution in [3.05, 3.63) is 82.9 Å². The summed E-state index contributed by atoms with van der Waals surface area (Å²) in [6.45, 7) is 9.61. The van der Waals surface area contributed by atoms with Crippen LogP contribution in [0, 0.1) is 0 Å². The van der Waals surface area contributed by atoms with E-state index in [0.29, 0.717) is 17.1 Å². The maximum absolute atomic E-state index is 14.2. The Bertz CT molecular complexity index is 1480. The molecule has 9 nitrogen and oxygen atoms in total. The summed E-state index contributed by atoms with van der Waals surface area (Å²) in [7, 11) is 6.25. The van der Waals surface area contributed by atoms with Crippen molar-refractivity contribution in [2.45, 2.75) is 19.4 Å². The Morgan fingerprint density at radius 1 is 0.810 bits per heavy atom. The summed E-state index contributed by atoms with van der Waals surface area (Å²) >= 11 is 0. The third-order valence-corrected chi connectivity index (χ3v) is 8.78. The quantitative estimate of drug-likeness (QED) is 0.388. The Morgan fingerprint density at radius 3 is 1.98 bits per heavy atom. The maximum Gasteiger partial charge on any atom is 0.275 e. The molecule has 0 unspecified atom stereocenters. The van der Waals surface area contributed by atoms with Crippen LogP contribution in [-0.2, 0) is 5.54 Å². The highest BCUT2D eigenvalue weighted by molar-refractivity contribution is 6.16. The number of hydrogen-bond donors (Lipinski definition) is 0. The lowest BCUT2D eigenvalue weighted by Crippen LogP contribution is -2.44. The highest BCUT2D eigenvalue weighted by Crippen LogP contribution is 2.58. The molecule has 218 valence electrons. The molecule has 0 aliphatic carbocycles. The average Bonchev–Trinajstić information content (AvgIpc) is 3.26. The molecule has 3 aliphatic rings. The van der Waals surface area contributed by atoms with Gasteiger partial charge in [-0.15, -0.1) is 0 Å². The summed E-state index contributed by atoms with van der Waals surface area (Å²) in [5.74, 6) is 1.28. The number of rotatable bonds is 7. The van der Waals surface area contributed by atoms with Crippen molar-refractivity contribution in [3.63, 3.8) is 0 Å². The van der Waals surface area contributed by atoms with Gasteiger partial charge in [-0.3, -0.25) is 9.80 Å². The number of hydrazone groups is 2. The number of carbonyl (C=O) groups is 1. The zero-order valence-electron chi connectivity index (χ0n) is 25.1. The fourth-order valence-electron chi connectivity index (χ4n) is 6.05. The number of amides is 1. The van der Waals surface area contributed by atoms with Crippen molar-refractivity contribution in [2.24, 2.45) is 10.2 Å². The Morgan fingerprint density at radius 2 is 1.38 bits per heavy atom.